The summed E-state index contributed by atoms with van der Waals surface area (Å²) in [6.45, 7) is 3.79. The number of pyridine rings is 1. The van der Waals surface area contributed by atoms with Gasteiger partial charge in [-0.2, -0.15) is 13.2 Å². The number of carbonyl (C=O) groups is 2. The first kappa shape index (κ1) is 28.0. The van der Waals surface area contributed by atoms with Crippen LogP contribution in [-0.2, 0) is 6.42 Å². The summed E-state index contributed by atoms with van der Waals surface area (Å²) in [5.41, 5.74) is 1.13. The number of aromatic amines is 1. The smallest absolute Gasteiger partial charge is 0.422 e. The van der Waals surface area contributed by atoms with Gasteiger partial charge in [0, 0.05) is 11.6 Å². The van der Waals surface area contributed by atoms with Crippen molar-refractivity contribution < 1.29 is 32.6 Å². The largest absolute Gasteiger partial charge is 0.481 e. The molecule has 200 valence electrons. The molecule has 11 heteroatoms. The highest BCUT2D eigenvalue weighted by Crippen LogP contribution is 2.34. The highest BCUT2D eigenvalue weighted by atomic mass is 19.4. The van der Waals surface area contributed by atoms with Crippen molar-refractivity contribution >= 4 is 28.5 Å². The van der Waals surface area contributed by atoms with Gasteiger partial charge in [0.05, 0.1) is 22.9 Å². The third kappa shape index (κ3) is 7.45. The molecule has 1 unspecified atom stereocenters. The number of halogens is 3. The molecule has 2 aromatic heterocycles. The molecule has 3 aromatic rings. The van der Waals surface area contributed by atoms with E-state index in [0.717, 1.165) is 0 Å². The zero-order valence-electron chi connectivity index (χ0n) is 20.9. The van der Waals surface area contributed by atoms with Gasteiger partial charge < -0.3 is 25.5 Å². The Hall–Kier alpha value is -3.60. The number of nitrogens with zero attached hydrogens (tertiary/aromatic N) is 1. The van der Waals surface area contributed by atoms with Crippen molar-refractivity contribution in [1.82, 2.24) is 15.3 Å². The summed E-state index contributed by atoms with van der Waals surface area (Å²) in [6.07, 6.45) is -3.20. The molecular formula is C26H31F3N4O4. The van der Waals surface area contributed by atoms with Crippen LogP contribution in [0.5, 0.6) is 5.75 Å². The van der Waals surface area contributed by atoms with E-state index in [9.17, 15) is 27.9 Å². The number of ether oxygens (including phenoxy) is 1. The third-order valence-electron chi connectivity index (χ3n) is 5.82. The van der Waals surface area contributed by atoms with Crippen molar-refractivity contribution in [2.75, 3.05) is 11.9 Å². The average molecular weight is 521 g/mol. The number of amides is 2. The topological polar surface area (TPSA) is 116 Å². The number of carbonyl (C=O) groups excluding carboxylic acids is 2. The van der Waals surface area contributed by atoms with Crippen LogP contribution >= 0.6 is 0 Å². The van der Waals surface area contributed by atoms with E-state index in [1.54, 1.807) is 37.3 Å². The summed E-state index contributed by atoms with van der Waals surface area (Å²) in [4.78, 5) is 33.0. The van der Waals surface area contributed by atoms with Crippen molar-refractivity contribution in [2.24, 2.45) is 0 Å². The number of anilines is 1. The number of rotatable bonds is 11. The quantitative estimate of drug-likeness (QED) is 0.284. The van der Waals surface area contributed by atoms with Gasteiger partial charge in [-0.3, -0.25) is 9.59 Å². The van der Waals surface area contributed by atoms with Crippen molar-refractivity contribution in [2.45, 2.75) is 64.8 Å². The first-order chi connectivity index (χ1) is 17.5. The molecule has 1 aromatic carbocycles. The van der Waals surface area contributed by atoms with E-state index in [-0.39, 0.29) is 28.5 Å². The maximum absolute atomic E-state index is 13.0. The third-order valence-corrected chi connectivity index (χ3v) is 5.82. The van der Waals surface area contributed by atoms with E-state index in [4.69, 9.17) is 4.74 Å². The minimum absolute atomic E-state index is 0.129. The number of aryl methyl sites for hydroxylation is 1. The molecule has 8 nitrogen and oxygen atoms in total. The lowest BCUT2D eigenvalue weighted by atomic mass is 10.1. The van der Waals surface area contributed by atoms with Gasteiger partial charge in [0.15, 0.2) is 12.4 Å². The second kappa shape index (κ2) is 12.1. The lowest BCUT2D eigenvalue weighted by Gasteiger charge is -2.16. The van der Waals surface area contributed by atoms with E-state index >= 15 is 0 Å². The predicted molar refractivity (Wildman–Crippen MR) is 134 cm³/mol. The van der Waals surface area contributed by atoms with E-state index in [2.05, 4.69) is 20.6 Å². The van der Waals surface area contributed by atoms with Gasteiger partial charge >= 0.3 is 6.18 Å². The summed E-state index contributed by atoms with van der Waals surface area (Å²) in [5.74, 6) is -1.39. The molecule has 37 heavy (non-hydrogen) atoms. The van der Waals surface area contributed by atoms with Gasteiger partial charge in [-0.05, 0) is 50.8 Å². The first-order valence-electron chi connectivity index (χ1n) is 12.1. The molecule has 0 aliphatic rings. The average Bonchev–Trinajstić information content (AvgIpc) is 3.23. The van der Waals surface area contributed by atoms with Crippen LogP contribution in [0.2, 0.25) is 0 Å². The number of nitrogens with one attached hydrogen (secondary N) is 3. The number of aliphatic hydroxyl groups is 1. The van der Waals surface area contributed by atoms with Crippen LogP contribution in [0.25, 0.3) is 11.0 Å². The van der Waals surface area contributed by atoms with Crippen LogP contribution in [0.3, 0.4) is 0 Å². The first-order valence-corrected chi connectivity index (χ1v) is 12.1. The summed E-state index contributed by atoms with van der Waals surface area (Å²) in [6, 6.07) is 9.56. The van der Waals surface area contributed by atoms with Crippen LogP contribution in [0.1, 0.15) is 66.6 Å². The number of alkyl halides is 3. The number of benzene rings is 1. The Bertz CT molecular complexity index is 1230. The van der Waals surface area contributed by atoms with Crippen LogP contribution in [0, 0.1) is 0 Å². The number of aromatic nitrogens is 2. The molecule has 0 spiro atoms. The highest BCUT2D eigenvalue weighted by molar-refractivity contribution is 6.07. The summed E-state index contributed by atoms with van der Waals surface area (Å²) >= 11 is 0. The van der Waals surface area contributed by atoms with Gasteiger partial charge in [0.2, 0.25) is 0 Å². The zero-order chi connectivity index (χ0) is 27.2. The second-order valence-electron chi connectivity index (χ2n) is 8.80. The minimum Gasteiger partial charge on any atom is -0.481 e. The van der Waals surface area contributed by atoms with Crippen LogP contribution in [0.4, 0.5) is 18.9 Å². The molecule has 0 aliphatic heterocycles. The summed E-state index contributed by atoms with van der Waals surface area (Å²) in [7, 11) is 0. The molecule has 0 radical (unpaired) electrons. The Morgan fingerprint density at radius 3 is 2.46 bits per heavy atom. The normalized spacial score (nSPS) is 13.3. The van der Waals surface area contributed by atoms with E-state index in [1.807, 2.05) is 13.8 Å². The maximum Gasteiger partial charge on any atom is 0.422 e. The second-order valence-corrected chi connectivity index (χ2v) is 8.80. The van der Waals surface area contributed by atoms with Gasteiger partial charge in [-0.25, -0.2) is 4.98 Å². The fraction of sp³-hybridized carbons (Fsp3) is 0.423. The SMILES string of the molecule is CCc1nc2[nH]c(C(=O)NC(C)CC[C@@H](O)CC)c(OCC(F)(F)F)c2cc1NC(=O)c1ccccc1. The Morgan fingerprint density at radius 2 is 1.84 bits per heavy atom. The standard InChI is InChI=1S/C26H31F3N4O4/c1-4-17(34)12-11-15(3)30-25(36)21-22(37-14-26(27,28)29)18-13-20(19(5-2)31-23(18)33-21)32-24(35)16-9-7-6-8-10-16/h6-10,13,15,17,34H,4-5,11-12,14H2,1-3H3,(H,30,36)(H,31,33)(H,32,35)/t15?,17-/m0/s1. The van der Waals surface area contributed by atoms with Crippen molar-refractivity contribution in [3.8, 4) is 5.75 Å². The molecule has 0 bridgehead atoms. The zero-order valence-corrected chi connectivity index (χ0v) is 20.9. The maximum atomic E-state index is 13.0. The Kier molecular flexibility index (Phi) is 9.14. The molecule has 4 N–H and O–H groups in total. The number of H-pyrrole nitrogens is 1. The lowest BCUT2D eigenvalue weighted by Crippen LogP contribution is -2.34. The molecule has 3 rings (SSSR count). The van der Waals surface area contributed by atoms with Gasteiger partial charge in [-0.1, -0.05) is 32.0 Å². The Morgan fingerprint density at radius 1 is 1.14 bits per heavy atom. The molecule has 2 heterocycles. The number of hydrogen-bond acceptors (Lipinski definition) is 5. The van der Waals surface area contributed by atoms with E-state index in [1.165, 1.54) is 6.07 Å². The fourth-order valence-electron chi connectivity index (χ4n) is 3.77. The van der Waals surface area contributed by atoms with Crippen LogP contribution in [-0.4, -0.2) is 51.8 Å². The molecular weight excluding hydrogens is 489 g/mol. The van der Waals surface area contributed by atoms with E-state index < -0.39 is 30.7 Å². The van der Waals surface area contributed by atoms with Crippen LogP contribution in [0.15, 0.2) is 36.4 Å². The molecule has 0 aliphatic carbocycles. The predicted octanol–water partition coefficient (Wildman–Crippen LogP) is 4.99. The summed E-state index contributed by atoms with van der Waals surface area (Å²) < 4.78 is 44.2. The van der Waals surface area contributed by atoms with Gasteiger partial charge in [0.1, 0.15) is 11.3 Å². The van der Waals surface area contributed by atoms with Crippen molar-refractivity contribution in [3.63, 3.8) is 0 Å². The Balaban J connectivity index is 1.97. The number of aliphatic hydroxyl groups excluding tert-OH is 1. The monoisotopic (exact) mass is 520 g/mol. The number of fused-ring (bicyclic) bond motifs is 1. The minimum atomic E-state index is -4.64. The molecule has 0 saturated heterocycles. The molecule has 2 atom stereocenters. The van der Waals surface area contributed by atoms with Gasteiger partial charge in [-0.15, -0.1) is 0 Å². The molecule has 2 amide bonds. The van der Waals surface area contributed by atoms with Gasteiger partial charge in [0.25, 0.3) is 11.8 Å². The molecule has 0 saturated carbocycles. The van der Waals surface area contributed by atoms with E-state index in [0.29, 0.717) is 42.6 Å². The lowest BCUT2D eigenvalue weighted by molar-refractivity contribution is -0.153. The Labute approximate surface area is 212 Å². The van der Waals surface area contributed by atoms with Crippen LogP contribution < -0.4 is 15.4 Å². The fourth-order valence-corrected chi connectivity index (χ4v) is 3.77. The number of hydrogen-bond donors (Lipinski definition) is 4. The van der Waals surface area contributed by atoms with Crippen molar-refractivity contribution in [1.29, 1.82) is 0 Å². The highest BCUT2D eigenvalue weighted by Gasteiger charge is 2.31. The summed E-state index contributed by atoms with van der Waals surface area (Å²) in [5, 5.41) is 15.4. The molecule has 0 fully saturated rings. The van der Waals surface area contributed by atoms with Crippen molar-refractivity contribution in [3.05, 3.63) is 53.3 Å².